The highest BCUT2D eigenvalue weighted by molar-refractivity contribution is 6.31. The quantitative estimate of drug-likeness (QED) is 0.689. The van der Waals surface area contributed by atoms with Crippen LogP contribution in [0.1, 0.15) is 17.3 Å². The molecule has 1 aromatic heterocycles. The average molecular weight is 300 g/mol. The smallest absolute Gasteiger partial charge is 0.295 e. The predicted molar refractivity (Wildman–Crippen MR) is 71.4 cm³/mol. The van der Waals surface area contributed by atoms with Crippen molar-refractivity contribution in [3.63, 3.8) is 0 Å². The summed E-state index contributed by atoms with van der Waals surface area (Å²) >= 11 is 5.62. The Morgan fingerprint density at radius 3 is 2.75 bits per heavy atom. The molecule has 0 aliphatic rings. The Labute approximate surface area is 118 Å². The van der Waals surface area contributed by atoms with Gasteiger partial charge in [0.05, 0.1) is 28.3 Å². The lowest BCUT2D eigenvalue weighted by Gasteiger charge is -2.06. The van der Waals surface area contributed by atoms with Crippen molar-refractivity contribution in [1.29, 1.82) is 0 Å². The van der Waals surface area contributed by atoms with Crippen molar-refractivity contribution in [2.75, 3.05) is 5.32 Å². The van der Waals surface area contributed by atoms with Crippen LogP contribution in [-0.4, -0.2) is 9.91 Å². The third kappa shape index (κ3) is 2.88. The number of aromatic nitrogens is 1. The summed E-state index contributed by atoms with van der Waals surface area (Å²) < 4.78 is 18.6. The van der Waals surface area contributed by atoms with Crippen LogP contribution < -0.4 is 5.32 Å². The number of halogens is 2. The van der Waals surface area contributed by atoms with E-state index in [9.17, 15) is 14.5 Å². The van der Waals surface area contributed by atoms with E-state index in [1.54, 1.807) is 13.8 Å². The number of anilines is 1. The van der Waals surface area contributed by atoms with E-state index in [0.717, 1.165) is 17.8 Å². The number of oxazole rings is 1. The van der Waals surface area contributed by atoms with Crippen LogP contribution in [0.2, 0.25) is 5.02 Å². The Bertz CT molecular complexity index is 653. The van der Waals surface area contributed by atoms with Gasteiger partial charge >= 0.3 is 0 Å². The number of nitro benzene ring substituents is 1. The fourth-order valence-corrected chi connectivity index (χ4v) is 1.78. The van der Waals surface area contributed by atoms with Crippen LogP contribution in [0.4, 0.5) is 15.8 Å². The Kier molecular flexibility index (Phi) is 3.89. The van der Waals surface area contributed by atoms with Crippen molar-refractivity contribution in [3.05, 3.63) is 50.4 Å². The topological polar surface area (TPSA) is 81.2 Å². The van der Waals surface area contributed by atoms with E-state index in [-0.39, 0.29) is 17.3 Å². The lowest BCUT2D eigenvalue weighted by atomic mass is 10.2. The molecular formula is C12H11ClFN3O3. The maximum absolute atomic E-state index is 13.2. The first-order valence-corrected chi connectivity index (χ1v) is 6.06. The van der Waals surface area contributed by atoms with Gasteiger partial charge in [-0.15, -0.1) is 0 Å². The fourth-order valence-electron chi connectivity index (χ4n) is 1.61. The van der Waals surface area contributed by atoms with Gasteiger partial charge in [-0.05, 0) is 19.9 Å². The van der Waals surface area contributed by atoms with E-state index in [0.29, 0.717) is 11.7 Å². The summed E-state index contributed by atoms with van der Waals surface area (Å²) in [4.78, 5) is 14.3. The Morgan fingerprint density at radius 1 is 1.50 bits per heavy atom. The molecule has 0 aliphatic carbocycles. The molecule has 8 heteroatoms. The zero-order chi connectivity index (χ0) is 14.9. The molecule has 6 nitrogen and oxygen atoms in total. The molecule has 0 bridgehead atoms. The van der Waals surface area contributed by atoms with E-state index in [4.69, 9.17) is 16.0 Å². The third-order valence-electron chi connectivity index (χ3n) is 2.74. The van der Waals surface area contributed by atoms with Crippen LogP contribution in [0.15, 0.2) is 16.5 Å². The number of nitrogens with one attached hydrogen (secondary N) is 1. The molecule has 0 aliphatic heterocycles. The maximum Gasteiger partial charge on any atom is 0.295 e. The summed E-state index contributed by atoms with van der Waals surface area (Å²) in [5, 5.41) is 13.4. The molecule has 1 heterocycles. The number of rotatable bonds is 4. The standard InChI is InChI=1S/C12H11ClFN3O3/c1-6-7(2)20-12(16-6)5-15-10-3-8(13)9(14)4-11(10)17(18)19/h3-4,15H,5H2,1-2H3. The van der Waals surface area contributed by atoms with Crippen LogP contribution in [0.5, 0.6) is 0 Å². The van der Waals surface area contributed by atoms with Crippen molar-refractivity contribution in [1.82, 2.24) is 4.98 Å². The molecule has 20 heavy (non-hydrogen) atoms. The van der Waals surface area contributed by atoms with Crippen LogP contribution in [0.3, 0.4) is 0 Å². The average Bonchev–Trinajstić information content (AvgIpc) is 2.69. The van der Waals surface area contributed by atoms with Gasteiger partial charge in [0.25, 0.3) is 5.69 Å². The monoisotopic (exact) mass is 299 g/mol. The van der Waals surface area contributed by atoms with E-state index < -0.39 is 16.4 Å². The molecule has 0 spiro atoms. The van der Waals surface area contributed by atoms with Gasteiger partial charge in [0.15, 0.2) is 0 Å². The van der Waals surface area contributed by atoms with E-state index >= 15 is 0 Å². The highest BCUT2D eigenvalue weighted by Crippen LogP contribution is 2.30. The molecule has 0 atom stereocenters. The molecule has 0 saturated carbocycles. The number of hydrogen-bond acceptors (Lipinski definition) is 5. The van der Waals surface area contributed by atoms with Gasteiger partial charge in [-0.25, -0.2) is 9.37 Å². The van der Waals surface area contributed by atoms with Crippen LogP contribution >= 0.6 is 11.6 Å². The van der Waals surface area contributed by atoms with E-state index in [1.807, 2.05) is 0 Å². The molecule has 0 amide bonds. The predicted octanol–water partition coefficient (Wildman–Crippen LogP) is 3.60. The minimum absolute atomic E-state index is 0.106. The minimum atomic E-state index is -0.841. The largest absolute Gasteiger partial charge is 0.444 e. The van der Waals surface area contributed by atoms with Crippen molar-refractivity contribution in [3.8, 4) is 0 Å². The van der Waals surface area contributed by atoms with Gasteiger partial charge in [-0.3, -0.25) is 10.1 Å². The first-order chi connectivity index (χ1) is 9.38. The lowest BCUT2D eigenvalue weighted by Crippen LogP contribution is -2.03. The second kappa shape index (κ2) is 5.46. The molecule has 2 rings (SSSR count). The van der Waals surface area contributed by atoms with Gasteiger partial charge in [0, 0.05) is 0 Å². The van der Waals surface area contributed by atoms with Gasteiger partial charge in [-0.1, -0.05) is 11.6 Å². The van der Waals surface area contributed by atoms with Crippen molar-refractivity contribution in [2.45, 2.75) is 20.4 Å². The summed E-state index contributed by atoms with van der Waals surface area (Å²) in [5.41, 5.74) is 0.454. The molecule has 0 unspecified atom stereocenters. The molecule has 0 fully saturated rings. The number of hydrogen-bond donors (Lipinski definition) is 1. The Hall–Kier alpha value is -2.15. The highest BCUT2D eigenvalue weighted by Gasteiger charge is 2.18. The SMILES string of the molecule is Cc1nc(CNc2cc(Cl)c(F)cc2[N+](=O)[O-])oc1C. The molecule has 2 aromatic rings. The summed E-state index contributed by atoms with van der Waals surface area (Å²) in [6.45, 7) is 3.69. The van der Waals surface area contributed by atoms with Gasteiger partial charge in [0.1, 0.15) is 17.3 Å². The van der Waals surface area contributed by atoms with Crippen LogP contribution in [0.25, 0.3) is 0 Å². The number of benzene rings is 1. The van der Waals surface area contributed by atoms with Crippen molar-refractivity contribution in [2.24, 2.45) is 0 Å². The zero-order valence-electron chi connectivity index (χ0n) is 10.7. The number of nitro groups is 1. The summed E-state index contributed by atoms with van der Waals surface area (Å²) in [7, 11) is 0. The molecule has 0 radical (unpaired) electrons. The zero-order valence-corrected chi connectivity index (χ0v) is 11.5. The van der Waals surface area contributed by atoms with Crippen molar-refractivity contribution < 1.29 is 13.7 Å². The number of nitrogens with zero attached hydrogens (tertiary/aromatic N) is 2. The van der Waals surface area contributed by atoms with Gasteiger partial charge < -0.3 is 9.73 Å². The second-order valence-corrected chi connectivity index (χ2v) is 4.55. The molecule has 0 saturated heterocycles. The van der Waals surface area contributed by atoms with Crippen LogP contribution in [-0.2, 0) is 6.54 Å². The fraction of sp³-hybridized carbons (Fsp3) is 0.250. The molecular weight excluding hydrogens is 289 g/mol. The normalized spacial score (nSPS) is 10.6. The highest BCUT2D eigenvalue weighted by atomic mass is 35.5. The lowest BCUT2D eigenvalue weighted by molar-refractivity contribution is -0.384. The van der Waals surface area contributed by atoms with E-state index in [2.05, 4.69) is 10.3 Å². The Balaban J connectivity index is 2.24. The first-order valence-electron chi connectivity index (χ1n) is 5.68. The van der Waals surface area contributed by atoms with Gasteiger partial charge in [-0.2, -0.15) is 0 Å². The van der Waals surface area contributed by atoms with Gasteiger partial charge in [0.2, 0.25) is 5.89 Å². The summed E-state index contributed by atoms with van der Waals surface area (Å²) in [6.07, 6.45) is 0. The first kappa shape index (κ1) is 14.3. The van der Waals surface area contributed by atoms with Crippen LogP contribution in [0, 0.1) is 29.8 Å². The summed E-state index contributed by atoms with van der Waals surface area (Å²) in [6, 6.07) is 1.94. The molecule has 106 valence electrons. The van der Waals surface area contributed by atoms with E-state index in [1.165, 1.54) is 0 Å². The van der Waals surface area contributed by atoms with Crippen molar-refractivity contribution >= 4 is 23.0 Å². The second-order valence-electron chi connectivity index (χ2n) is 4.14. The molecule has 1 aromatic carbocycles. The minimum Gasteiger partial charge on any atom is -0.444 e. The maximum atomic E-state index is 13.2. The molecule has 1 N–H and O–H groups in total. The Morgan fingerprint density at radius 2 is 2.20 bits per heavy atom. The third-order valence-corrected chi connectivity index (χ3v) is 3.03. The summed E-state index contributed by atoms with van der Waals surface area (Å²) in [5.74, 6) is 0.218. The number of aryl methyl sites for hydroxylation is 2.